The number of amides is 1. The van der Waals surface area contributed by atoms with Crippen molar-refractivity contribution < 1.29 is 9.18 Å². The van der Waals surface area contributed by atoms with Crippen LogP contribution in [0.2, 0.25) is 0 Å². The van der Waals surface area contributed by atoms with E-state index in [1.807, 2.05) is 24.4 Å². The molecular weight excluding hydrogens is 343 g/mol. The van der Waals surface area contributed by atoms with E-state index in [1.54, 1.807) is 11.3 Å². The molecule has 1 heterocycles. The summed E-state index contributed by atoms with van der Waals surface area (Å²) in [5.41, 5.74) is 5.79. The van der Waals surface area contributed by atoms with Crippen molar-refractivity contribution in [1.29, 1.82) is 0 Å². The maximum atomic E-state index is 13.3. The molecule has 0 aliphatic rings. The van der Waals surface area contributed by atoms with Gasteiger partial charge in [0.05, 0.1) is 11.3 Å². The number of rotatable bonds is 4. The van der Waals surface area contributed by atoms with Crippen molar-refractivity contribution in [3.8, 4) is 0 Å². The molecule has 0 aliphatic heterocycles. The molecule has 6 heteroatoms. The van der Waals surface area contributed by atoms with E-state index in [9.17, 15) is 9.18 Å². The molecule has 0 bridgehead atoms. The highest BCUT2D eigenvalue weighted by atomic mass is 79.9. The van der Waals surface area contributed by atoms with Crippen molar-refractivity contribution in [3.05, 3.63) is 50.4 Å². The molecule has 0 saturated heterocycles. The summed E-state index contributed by atoms with van der Waals surface area (Å²) in [6, 6.07) is 6.53. The second-order valence-corrected chi connectivity index (χ2v) is 6.40. The topological polar surface area (TPSA) is 55.1 Å². The van der Waals surface area contributed by atoms with Crippen LogP contribution in [-0.4, -0.2) is 11.9 Å². The third-order valence-corrected chi connectivity index (χ3v) is 4.35. The Morgan fingerprint density at radius 3 is 2.95 bits per heavy atom. The van der Waals surface area contributed by atoms with Crippen LogP contribution in [0.3, 0.4) is 0 Å². The zero-order valence-electron chi connectivity index (χ0n) is 10.8. The van der Waals surface area contributed by atoms with Gasteiger partial charge < -0.3 is 11.1 Å². The summed E-state index contributed by atoms with van der Waals surface area (Å²) in [7, 11) is 0. The Morgan fingerprint density at radius 2 is 2.30 bits per heavy atom. The molecule has 1 amide bonds. The summed E-state index contributed by atoms with van der Waals surface area (Å²) in [6.07, 6.45) is 0.762. The largest absolute Gasteiger partial charge is 0.396 e. The van der Waals surface area contributed by atoms with E-state index in [4.69, 9.17) is 5.73 Å². The second-order valence-electron chi connectivity index (χ2n) is 4.51. The first kappa shape index (κ1) is 15.0. The van der Waals surface area contributed by atoms with Crippen LogP contribution >= 0.6 is 27.3 Å². The van der Waals surface area contributed by atoms with E-state index in [0.717, 1.165) is 6.42 Å². The fourth-order valence-corrected chi connectivity index (χ4v) is 3.15. The number of hydrogen-bond acceptors (Lipinski definition) is 3. The Balaban J connectivity index is 2.06. The average Bonchev–Trinajstić information content (AvgIpc) is 2.86. The van der Waals surface area contributed by atoms with Crippen molar-refractivity contribution >= 4 is 38.9 Å². The van der Waals surface area contributed by atoms with Crippen LogP contribution < -0.4 is 11.1 Å². The Bertz CT molecular complexity index is 616. The van der Waals surface area contributed by atoms with Crippen LogP contribution in [0.4, 0.5) is 10.1 Å². The average molecular weight is 357 g/mol. The molecule has 0 aliphatic carbocycles. The number of nitrogens with two attached hydrogens (primary N) is 1. The first-order valence-corrected chi connectivity index (χ1v) is 7.72. The first-order chi connectivity index (χ1) is 9.47. The van der Waals surface area contributed by atoms with Crippen molar-refractivity contribution in [2.75, 3.05) is 5.73 Å². The smallest absolute Gasteiger partial charge is 0.252 e. The molecule has 1 aromatic heterocycles. The lowest BCUT2D eigenvalue weighted by atomic mass is 10.1. The fraction of sp³-hybridized carbons (Fsp3) is 0.214. The third-order valence-electron chi connectivity index (χ3n) is 2.80. The Hall–Kier alpha value is -1.40. The number of nitrogens with one attached hydrogen (secondary N) is 1. The second kappa shape index (κ2) is 6.37. The number of carbonyl (C=O) groups excluding carboxylic acids is 1. The predicted molar refractivity (Wildman–Crippen MR) is 83.5 cm³/mol. The maximum Gasteiger partial charge on any atom is 0.252 e. The summed E-state index contributed by atoms with van der Waals surface area (Å²) in [6.45, 7) is 1.93. The van der Waals surface area contributed by atoms with Crippen molar-refractivity contribution in [3.63, 3.8) is 0 Å². The molecule has 1 aromatic carbocycles. The van der Waals surface area contributed by atoms with Gasteiger partial charge in [0.1, 0.15) is 5.82 Å². The number of nitrogen functional groups attached to an aromatic ring is 1. The molecule has 0 radical (unpaired) electrons. The summed E-state index contributed by atoms with van der Waals surface area (Å²) >= 11 is 4.83. The number of anilines is 1. The van der Waals surface area contributed by atoms with Crippen LogP contribution in [0.1, 0.15) is 22.2 Å². The third kappa shape index (κ3) is 3.58. The fourth-order valence-electron chi connectivity index (χ4n) is 1.82. The van der Waals surface area contributed by atoms with Crippen LogP contribution in [0.15, 0.2) is 34.1 Å². The number of benzene rings is 1. The van der Waals surface area contributed by atoms with Gasteiger partial charge in [0.15, 0.2) is 0 Å². The lowest BCUT2D eigenvalue weighted by molar-refractivity contribution is 0.0939. The van der Waals surface area contributed by atoms with Gasteiger partial charge in [-0.05, 0) is 46.4 Å². The lowest BCUT2D eigenvalue weighted by Gasteiger charge is -2.14. The molecule has 0 saturated carbocycles. The van der Waals surface area contributed by atoms with E-state index in [1.165, 1.54) is 17.0 Å². The Kier molecular flexibility index (Phi) is 4.77. The van der Waals surface area contributed by atoms with E-state index >= 15 is 0 Å². The number of hydrogen-bond donors (Lipinski definition) is 2. The molecule has 0 spiro atoms. The summed E-state index contributed by atoms with van der Waals surface area (Å²) in [5.74, 6) is -0.812. The van der Waals surface area contributed by atoms with E-state index in [-0.39, 0.29) is 17.6 Å². The molecule has 3 nitrogen and oxygen atoms in total. The molecule has 3 N–H and O–H groups in total. The van der Waals surface area contributed by atoms with Crippen molar-refractivity contribution in [2.45, 2.75) is 19.4 Å². The Labute approximate surface area is 129 Å². The molecule has 2 rings (SSSR count). The number of carbonyl (C=O) groups is 1. The zero-order chi connectivity index (χ0) is 14.7. The highest BCUT2D eigenvalue weighted by Gasteiger charge is 2.15. The highest BCUT2D eigenvalue weighted by molar-refractivity contribution is 9.10. The van der Waals surface area contributed by atoms with Crippen molar-refractivity contribution in [1.82, 2.24) is 5.32 Å². The minimum Gasteiger partial charge on any atom is -0.396 e. The van der Waals surface area contributed by atoms with E-state index < -0.39 is 5.82 Å². The number of halogens is 2. The molecule has 106 valence electrons. The first-order valence-electron chi connectivity index (χ1n) is 6.05. The van der Waals surface area contributed by atoms with Gasteiger partial charge in [-0.2, -0.15) is 0 Å². The van der Waals surface area contributed by atoms with Crippen LogP contribution in [-0.2, 0) is 6.42 Å². The molecular formula is C14H14BrFN2OS. The van der Waals surface area contributed by atoms with Crippen LogP contribution in [0.5, 0.6) is 0 Å². The molecule has 1 unspecified atom stereocenters. The van der Waals surface area contributed by atoms with Crippen LogP contribution in [0.25, 0.3) is 0 Å². The minimum atomic E-state index is -0.542. The summed E-state index contributed by atoms with van der Waals surface area (Å²) < 4.78 is 13.6. The van der Waals surface area contributed by atoms with Gasteiger partial charge in [0.25, 0.3) is 5.91 Å². The van der Waals surface area contributed by atoms with Gasteiger partial charge in [0, 0.05) is 21.8 Å². The van der Waals surface area contributed by atoms with E-state index in [0.29, 0.717) is 10.0 Å². The zero-order valence-corrected chi connectivity index (χ0v) is 13.2. The SMILES string of the molecule is CC(Cc1cccs1)NC(=O)c1cc(N)c(F)cc1Br. The van der Waals surface area contributed by atoms with Crippen molar-refractivity contribution in [2.24, 2.45) is 0 Å². The molecule has 0 fully saturated rings. The lowest BCUT2D eigenvalue weighted by Crippen LogP contribution is -2.34. The number of thiophene rings is 1. The van der Waals surface area contributed by atoms with Crippen LogP contribution in [0, 0.1) is 5.82 Å². The minimum absolute atomic E-state index is 0.0145. The molecule has 20 heavy (non-hydrogen) atoms. The predicted octanol–water partition coefficient (Wildman–Crippen LogP) is 3.59. The Morgan fingerprint density at radius 1 is 1.55 bits per heavy atom. The van der Waals surface area contributed by atoms with Gasteiger partial charge in [-0.1, -0.05) is 6.07 Å². The normalized spacial score (nSPS) is 12.2. The molecule has 2 aromatic rings. The van der Waals surface area contributed by atoms with E-state index in [2.05, 4.69) is 21.2 Å². The monoisotopic (exact) mass is 356 g/mol. The quantitative estimate of drug-likeness (QED) is 0.822. The van der Waals surface area contributed by atoms with Gasteiger partial charge in [-0.25, -0.2) is 4.39 Å². The summed E-state index contributed by atoms with van der Waals surface area (Å²) in [4.78, 5) is 13.4. The standard InChI is InChI=1S/C14H14BrFN2OS/c1-8(5-9-3-2-4-20-9)18-14(19)10-6-13(17)12(16)7-11(10)15/h2-4,6-8H,5,17H2,1H3,(H,18,19). The van der Waals surface area contributed by atoms with Gasteiger partial charge in [-0.3, -0.25) is 4.79 Å². The molecule has 1 atom stereocenters. The van der Waals surface area contributed by atoms with Gasteiger partial charge in [0.2, 0.25) is 0 Å². The highest BCUT2D eigenvalue weighted by Crippen LogP contribution is 2.23. The van der Waals surface area contributed by atoms with Gasteiger partial charge >= 0.3 is 0 Å². The maximum absolute atomic E-state index is 13.3. The van der Waals surface area contributed by atoms with Gasteiger partial charge in [-0.15, -0.1) is 11.3 Å². The summed E-state index contributed by atoms with van der Waals surface area (Å²) in [5, 5.41) is 4.88.